The van der Waals surface area contributed by atoms with E-state index in [2.05, 4.69) is 0 Å². The molecule has 1 aliphatic rings. The third-order valence-electron chi connectivity index (χ3n) is 4.86. The van der Waals surface area contributed by atoms with Crippen molar-refractivity contribution in [2.45, 2.75) is 13.2 Å². The van der Waals surface area contributed by atoms with E-state index in [1.54, 1.807) is 65.8 Å². The predicted octanol–water partition coefficient (Wildman–Crippen LogP) is 4.06. The fourth-order valence-electron chi connectivity index (χ4n) is 3.27. The van der Waals surface area contributed by atoms with E-state index in [0.717, 1.165) is 10.4 Å². The van der Waals surface area contributed by atoms with Crippen LogP contribution in [-0.4, -0.2) is 38.8 Å². The second kappa shape index (κ2) is 10.3. The largest absolute Gasteiger partial charge is 0.486 e. The summed E-state index contributed by atoms with van der Waals surface area (Å²) in [5, 5.41) is 1.95. The van der Waals surface area contributed by atoms with Crippen LogP contribution >= 0.6 is 11.3 Å². The van der Waals surface area contributed by atoms with Gasteiger partial charge in [0.25, 0.3) is 5.91 Å². The topological polar surface area (TPSA) is 74.3 Å². The van der Waals surface area contributed by atoms with E-state index in [1.807, 2.05) is 17.5 Å². The number of thiophene rings is 1. The number of hydrogen-bond donors (Lipinski definition) is 0. The molecule has 8 heteroatoms. The van der Waals surface area contributed by atoms with Gasteiger partial charge in [0.15, 0.2) is 18.1 Å². The number of amides is 1. The van der Waals surface area contributed by atoms with E-state index < -0.39 is 5.97 Å². The molecule has 166 valence electrons. The first kappa shape index (κ1) is 21.9. The quantitative estimate of drug-likeness (QED) is 0.479. The van der Waals surface area contributed by atoms with Crippen molar-refractivity contribution in [2.24, 2.45) is 0 Å². The zero-order valence-electron chi connectivity index (χ0n) is 17.6. The third kappa shape index (κ3) is 5.27. The summed E-state index contributed by atoms with van der Waals surface area (Å²) in [6, 6.07) is 16.1. The SMILES string of the molecule is COCc1ccc(C(=O)OCC(=O)N(Cc2cccs2)c2ccc3c(c2)OCCO3)cc1. The molecule has 2 heterocycles. The van der Waals surface area contributed by atoms with Crippen LogP contribution < -0.4 is 14.4 Å². The summed E-state index contributed by atoms with van der Waals surface area (Å²) in [6.07, 6.45) is 0. The van der Waals surface area contributed by atoms with Gasteiger partial charge in [0.1, 0.15) is 13.2 Å². The molecular weight excluding hydrogens is 430 g/mol. The van der Waals surface area contributed by atoms with Crippen LogP contribution in [0.25, 0.3) is 0 Å². The van der Waals surface area contributed by atoms with E-state index in [-0.39, 0.29) is 12.5 Å². The zero-order valence-corrected chi connectivity index (χ0v) is 18.4. The Morgan fingerprint density at radius 3 is 2.53 bits per heavy atom. The van der Waals surface area contributed by atoms with E-state index in [9.17, 15) is 9.59 Å². The average molecular weight is 454 g/mol. The molecule has 32 heavy (non-hydrogen) atoms. The molecule has 0 saturated heterocycles. The lowest BCUT2D eigenvalue weighted by Gasteiger charge is -2.25. The molecule has 0 spiro atoms. The molecule has 1 aliphatic heterocycles. The highest BCUT2D eigenvalue weighted by Gasteiger charge is 2.22. The van der Waals surface area contributed by atoms with Gasteiger partial charge in [0, 0.05) is 23.7 Å². The second-order valence-electron chi connectivity index (χ2n) is 7.09. The maximum atomic E-state index is 13.1. The Balaban J connectivity index is 1.47. The lowest BCUT2D eigenvalue weighted by atomic mass is 10.1. The lowest BCUT2D eigenvalue weighted by Crippen LogP contribution is -2.34. The van der Waals surface area contributed by atoms with Gasteiger partial charge in [-0.15, -0.1) is 11.3 Å². The summed E-state index contributed by atoms with van der Waals surface area (Å²) >= 11 is 1.55. The van der Waals surface area contributed by atoms with Gasteiger partial charge in [0.2, 0.25) is 0 Å². The average Bonchev–Trinajstić information content (AvgIpc) is 3.34. The summed E-state index contributed by atoms with van der Waals surface area (Å²) in [7, 11) is 1.61. The van der Waals surface area contributed by atoms with Crippen molar-refractivity contribution in [3.05, 3.63) is 76.0 Å². The summed E-state index contributed by atoms with van der Waals surface area (Å²) < 4.78 is 21.6. The highest BCUT2D eigenvalue weighted by molar-refractivity contribution is 7.09. The molecule has 1 aromatic heterocycles. The van der Waals surface area contributed by atoms with Crippen molar-refractivity contribution < 1.29 is 28.5 Å². The minimum atomic E-state index is -0.555. The predicted molar refractivity (Wildman–Crippen MR) is 120 cm³/mol. The van der Waals surface area contributed by atoms with Crippen molar-refractivity contribution in [3.8, 4) is 11.5 Å². The Hall–Kier alpha value is -3.36. The molecule has 3 aromatic rings. The second-order valence-corrected chi connectivity index (χ2v) is 8.13. The van der Waals surface area contributed by atoms with Gasteiger partial charge >= 0.3 is 5.97 Å². The van der Waals surface area contributed by atoms with E-state index in [0.29, 0.717) is 49.1 Å². The first-order valence-electron chi connectivity index (χ1n) is 10.1. The van der Waals surface area contributed by atoms with Crippen LogP contribution in [0.1, 0.15) is 20.8 Å². The number of fused-ring (bicyclic) bond motifs is 1. The van der Waals surface area contributed by atoms with Gasteiger partial charge < -0.3 is 23.8 Å². The summed E-state index contributed by atoms with van der Waals surface area (Å²) in [5.41, 5.74) is 1.97. The van der Waals surface area contributed by atoms with Crippen molar-refractivity contribution in [1.29, 1.82) is 0 Å². The first-order valence-corrected chi connectivity index (χ1v) is 11.0. The summed E-state index contributed by atoms with van der Waals surface area (Å²) in [5.74, 6) is 0.345. The van der Waals surface area contributed by atoms with Crippen molar-refractivity contribution >= 4 is 28.9 Å². The van der Waals surface area contributed by atoms with Crippen molar-refractivity contribution in [1.82, 2.24) is 0 Å². The van der Waals surface area contributed by atoms with Crippen LogP contribution in [0.3, 0.4) is 0 Å². The monoisotopic (exact) mass is 453 g/mol. The number of carbonyl (C=O) groups excluding carboxylic acids is 2. The minimum absolute atomic E-state index is 0.334. The standard InChI is InChI=1S/C24H23NO6S/c1-28-15-17-4-6-18(7-5-17)24(27)31-16-23(26)25(14-20-3-2-12-32-20)19-8-9-21-22(13-19)30-11-10-29-21/h2-9,12-13H,10-11,14-16H2,1H3. The van der Waals surface area contributed by atoms with Crippen LogP contribution in [0.15, 0.2) is 60.0 Å². The third-order valence-corrected chi connectivity index (χ3v) is 5.72. The van der Waals surface area contributed by atoms with E-state index >= 15 is 0 Å². The molecule has 1 amide bonds. The van der Waals surface area contributed by atoms with Crippen LogP contribution in [0.5, 0.6) is 11.5 Å². The smallest absolute Gasteiger partial charge is 0.338 e. The maximum absolute atomic E-state index is 13.1. The van der Waals surface area contributed by atoms with Gasteiger partial charge in [0.05, 0.1) is 18.7 Å². The summed E-state index contributed by atoms with van der Waals surface area (Å²) in [6.45, 7) is 1.39. The van der Waals surface area contributed by atoms with Gasteiger partial charge in [-0.3, -0.25) is 4.79 Å². The molecule has 0 atom stereocenters. The number of rotatable bonds is 8. The Morgan fingerprint density at radius 2 is 1.81 bits per heavy atom. The van der Waals surface area contributed by atoms with Gasteiger partial charge in [-0.25, -0.2) is 4.79 Å². The normalized spacial score (nSPS) is 12.3. The van der Waals surface area contributed by atoms with Crippen LogP contribution in [0, 0.1) is 0 Å². The number of carbonyl (C=O) groups is 2. The van der Waals surface area contributed by atoms with Crippen molar-refractivity contribution in [3.63, 3.8) is 0 Å². The first-order chi connectivity index (χ1) is 15.6. The molecule has 0 radical (unpaired) electrons. The van der Waals surface area contributed by atoms with Gasteiger partial charge in [-0.05, 0) is 41.3 Å². The number of hydrogen-bond acceptors (Lipinski definition) is 7. The molecule has 4 rings (SSSR count). The fourth-order valence-corrected chi connectivity index (χ4v) is 3.97. The molecule has 2 aromatic carbocycles. The van der Waals surface area contributed by atoms with Crippen LogP contribution in [0.4, 0.5) is 5.69 Å². The fraction of sp³-hybridized carbons (Fsp3) is 0.250. The Morgan fingerprint density at radius 1 is 1.03 bits per heavy atom. The minimum Gasteiger partial charge on any atom is -0.486 e. The van der Waals surface area contributed by atoms with Gasteiger partial charge in [-0.1, -0.05) is 18.2 Å². The maximum Gasteiger partial charge on any atom is 0.338 e. The highest BCUT2D eigenvalue weighted by Crippen LogP contribution is 2.34. The molecule has 0 saturated carbocycles. The Labute approximate surface area is 190 Å². The molecular formula is C24H23NO6S. The van der Waals surface area contributed by atoms with Crippen molar-refractivity contribution in [2.75, 3.05) is 31.8 Å². The lowest BCUT2D eigenvalue weighted by molar-refractivity contribution is -0.121. The molecule has 0 aliphatic carbocycles. The highest BCUT2D eigenvalue weighted by atomic mass is 32.1. The zero-order chi connectivity index (χ0) is 22.3. The number of nitrogens with zero attached hydrogens (tertiary/aromatic N) is 1. The summed E-state index contributed by atoms with van der Waals surface area (Å²) in [4.78, 5) is 28.1. The van der Waals surface area contributed by atoms with Crippen LogP contribution in [-0.2, 0) is 27.4 Å². The van der Waals surface area contributed by atoms with E-state index in [1.165, 1.54) is 0 Å². The molecule has 0 unspecified atom stereocenters. The molecule has 7 nitrogen and oxygen atoms in total. The molecule has 0 N–H and O–H groups in total. The Kier molecular flexibility index (Phi) is 7.03. The number of methoxy groups -OCH3 is 1. The number of ether oxygens (including phenoxy) is 4. The molecule has 0 bridgehead atoms. The number of anilines is 1. The molecule has 0 fully saturated rings. The number of esters is 1. The van der Waals surface area contributed by atoms with E-state index in [4.69, 9.17) is 18.9 Å². The Bertz CT molecular complexity index is 1060. The van der Waals surface area contributed by atoms with Gasteiger partial charge in [-0.2, -0.15) is 0 Å². The van der Waals surface area contributed by atoms with Crippen LogP contribution in [0.2, 0.25) is 0 Å². The number of benzene rings is 2.